The van der Waals surface area contributed by atoms with Crippen molar-refractivity contribution in [3.63, 3.8) is 0 Å². The number of ketones is 1. The molecule has 2 aliphatic rings. The van der Waals surface area contributed by atoms with Crippen LogP contribution in [0.15, 0.2) is 78.0 Å². The van der Waals surface area contributed by atoms with Crippen LogP contribution in [-0.2, 0) is 4.79 Å². The third kappa shape index (κ3) is 3.82. The summed E-state index contributed by atoms with van der Waals surface area (Å²) in [4.78, 5) is 13.5. The zero-order valence-corrected chi connectivity index (χ0v) is 18.7. The van der Waals surface area contributed by atoms with Crippen LogP contribution in [0.5, 0.6) is 0 Å². The topological polar surface area (TPSA) is 41.1 Å². The molecule has 2 N–H and O–H groups in total. The van der Waals surface area contributed by atoms with E-state index in [-0.39, 0.29) is 11.7 Å². The molecule has 2 atom stereocenters. The van der Waals surface area contributed by atoms with Gasteiger partial charge in [-0.15, -0.1) is 0 Å². The van der Waals surface area contributed by atoms with Gasteiger partial charge in [0.1, 0.15) is 0 Å². The first-order valence-corrected chi connectivity index (χ1v) is 11.2. The van der Waals surface area contributed by atoms with Crippen molar-refractivity contribution in [3.05, 3.63) is 104 Å². The number of carbonyl (C=O) groups is 1. The minimum Gasteiger partial charge on any atom is -0.372 e. The van der Waals surface area contributed by atoms with Gasteiger partial charge in [0.2, 0.25) is 0 Å². The predicted molar refractivity (Wildman–Crippen MR) is 128 cm³/mol. The van der Waals surface area contributed by atoms with Crippen molar-refractivity contribution in [2.24, 2.45) is 0 Å². The summed E-state index contributed by atoms with van der Waals surface area (Å²) in [5, 5.41) is 8.68. The van der Waals surface area contributed by atoms with Crippen LogP contribution in [0.3, 0.4) is 0 Å². The van der Waals surface area contributed by atoms with Crippen LogP contribution in [0.4, 0.5) is 11.4 Å². The molecule has 0 spiro atoms. The zero-order chi connectivity index (χ0) is 21.5. The van der Waals surface area contributed by atoms with Crippen molar-refractivity contribution >= 4 is 52.0 Å². The van der Waals surface area contributed by atoms with E-state index in [4.69, 9.17) is 34.8 Å². The second-order valence-corrected chi connectivity index (χ2v) is 9.08. The fourth-order valence-corrected chi connectivity index (χ4v) is 4.98. The maximum absolute atomic E-state index is 13.5. The van der Waals surface area contributed by atoms with Gasteiger partial charge in [-0.25, -0.2) is 0 Å². The highest BCUT2D eigenvalue weighted by atomic mass is 35.5. The molecule has 1 aliphatic heterocycles. The predicted octanol–water partition coefficient (Wildman–Crippen LogP) is 7.63. The summed E-state index contributed by atoms with van der Waals surface area (Å²) in [6.07, 6.45) is 1.14. The Kier molecular flexibility index (Phi) is 5.43. The molecule has 156 valence electrons. The van der Waals surface area contributed by atoms with Gasteiger partial charge < -0.3 is 10.6 Å². The Morgan fingerprint density at radius 1 is 0.806 bits per heavy atom. The molecule has 0 amide bonds. The molecule has 3 aromatic rings. The van der Waals surface area contributed by atoms with Crippen LogP contribution in [-0.4, -0.2) is 5.78 Å². The van der Waals surface area contributed by atoms with Crippen LogP contribution in [0.25, 0.3) is 0 Å². The molecule has 0 aromatic heterocycles. The highest BCUT2D eigenvalue weighted by Crippen LogP contribution is 2.46. The van der Waals surface area contributed by atoms with E-state index >= 15 is 0 Å². The smallest absolute Gasteiger partial charge is 0.163 e. The third-order valence-electron chi connectivity index (χ3n) is 5.94. The number of fused-ring (bicyclic) bond motifs is 1. The van der Waals surface area contributed by atoms with Gasteiger partial charge in [0.05, 0.1) is 27.5 Å². The first-order chi connectivity index (χ1) is 15.0. The minimum absolute atomic E-state index is 0.0803. The number of para-hydroxylation sites is 2. The second-order valence-electron chi connectivity index (χ2n) is 7.86. The number of rotatable bonds is 2. The van der Waals surface area contributed by atoms with Gasteiger partial charge in [0, 0.05) is 22.7 Å². The van der Waals surface area contributed by atoms with Gasteiger partial charge in [-0.1, -0.05) is 71.2 Å². The lowest BCUT2D eigenvalue weighted by Gasteiger charge is -2.30. The van der Waals surface area contributed by atoms with E-state index < -0.39 is 6.04 Å². The SMILES string of the molecule is O=C1CC(c2ccc(Cl)cc2)CC2=C1C(c1cccc(Cl)c1Cl)Nc1ccccc1N2. The molecule has 1 aliphatic carbocycles. The second kappa shape index (κ2) is 8.23. The Labute approximate surface area is 196 Å². The summed E-state index contributed by atoms with van der Waals surface area (Å²) in [6, 6.07) is 20.8. The van der Waals surface area contributed by atoms with Crippen LogP contribution >= 0.6 is 34.8 Å². The molecule has 31 heavy (non-hydrogen) atoms. The normalized spacial score (nSPS) is 20.3. The van der Waals surface area contributed by atoms with Crippen LogP contribution in [0.2, 0.25) is 15.1 Å². The minimum atomic E-state index is -0.393. The van der Waals surface area contributed by atoms with Crippen LogP contribution in [0.1, 0.15) is 35.9 Å². The number of halogens is 3. The van der Waals surface area contributed by atoms with Crippen molar-refractivity contribution in [1.29, 1.82) is 0 Å². The van der Waals surface area contributed by atoms with Gasteiger partial charge in [-0.05, 0) is 53.8 Å². The maximum atomic E-state index is 13.5. The average molecular weight is 470 g/mol. The molecule has 5 rings (SSSR count). The first kappa shape index (κ1) is 20.4. The quantitative estimate of drug-likeness (QED) is 0.405. The van der Waals surface area contributed by atoms with E-state index in [1.165, 1.54) is 0 Å². The van der Waals surface area contributed by atoms with E-state index in [1.807, 2.05) is 60.7 Å². The van der Waals surface area contributed by atoms with Crippen LogP contribution in [0, 0.1) is 0 Å². The highest BCUT2D eigenvalue weighted by Gasteiger charge is 2.36. The summed E-state index contributed by atoms with van der Waals surface area (Å²) < 4.78 is 0. The van der Waals surface area contributed by atoms with E-state index in [0.717, 1.165) is 28.2 Å². The van der Waals surface area contributed by atoms with E-state index in [9.17, 15) is 4.79 Å². The number of Topliss-reactive ketones (excluding diaryl/α,β-unsaturated/α-hetero) is 1. The molecule has 0 radical (unpaired) electrons. The lowest BCUT2D eigenvalue weighted by molar-refractivity contribution is -0.116. The van der Waals surface area contributed by atoms with Crippen molar-refractivity contribution in [2.75, 3.05) is 10.6 Å². The molecular formula is C25H19Cl3N2O. The number of hydrogen-bond acceptors (Lipinski definition) is 3. The standard InChI is InChI=1S/C25H19Cl3N2O/c26-16-10-8-14(9-11-16)15-12-21-23(22(31)13-15)25(17-4-3-5-18(27)24(17)28)30-20-7-2-1-6-19(20)29-21/h1-11,15,25,29-30H,12-13H2. The molecule has 3 nitrogen and oxygen atoms in total. The van der Waals surface area contributed by atoms with Gasteiger partial charge in [0.15, 0.2) is 5.78 Å². The third-order valence-corrected chi connectivity index (χ3v) is 7.03. The van der Waals surface area contributed by atoms with Gasteiger partial charge in [0.25, 0.3) is 0 Å². The summed E-state index contributed by atoms with van der Waals surface area (Å²) >= 11 is 19.0. The van der Waals surface area contributed by atoms with Gasteiger partial charge in [-0.3, -0.25) is 4.79 Å². The molecular weight excluding hydrogens is 451 g/mol. The Morgan fingerprint density at radius 2 is 1.55 bits per heavy atom. The molecule has 1 heterocycles. The Morgan fingerprint density at radius 3 is 2.32 bits per heavy atom. The zero-order valence-electron chi connectivity index (χ0n) is 16.5. The Hall–Kier alpha value is -2.46. The molecule has 2 unspecified atom stereocenters. The molecule has 0 bridgehead atoms. The number of allylic oxidation sites excluding steroid dienone is 1. The van der Waals surface area contributed by atoms with E-state index in [1.54, 1.807) is 6.07 Å². The van der Waals surface area contributed by atoms with E-state index in [2.05, 4.69) is 10.6 Å². The fourth-order valence-electron chi connectivity index (χ4n) is 4.44. The summed E-state index contributed by atoms with van der Waals surface area (Å²) in [7, 11) is 0. The van der Waals surface area contributed by atoms with Crippen molar-refractivity contribution in [2.45, 2.75) is 24.8 Å². The number of hydrogen-bond donors (Lipinski definition) is 2. The Bertz CT molecular complexity index is 1200. The number of benzene rings is 3. The number of nitrogens with one attached hydrogen (secondary N) is 2. The summed E-state index contributed by atoms with van der Waals surface area (Å²) in [5.74, 6) is 0.173. The summed E-state index contributed by atoms with van der Waals surface area (Å²) in [5.41, 5.74) is 5.36. The van der Waals surface area contributed by atoms with Crippen molar-refractivity contribution in [3.8, 4) is 0 Å². The maximum Gasteiger partial charge on any atom is 0.163 e. The molecule has 0 fully saturated rings. The Balaban J connectivity index is 1.63. The average Bonchev–Trinajstić information content (AvgIpc) is 2.93. The molecule has 0 saturated heterocycles. The number of anilines is 2. The molecule has 6 heteroatoms. The van der Waals surface area contributed by atoms with Crippen molar-refractivity contribution < 1.29 is 4.79 Å². The monoisotopic (exact) mass is 468 g/mol. The first-order valence-electron chi connectivity index (χ1n) is 10.1. The largest absolute Gasteiger partial charge is 0.372 e. The summed E-state index contributed by atoms with van der Waals surface area (Å²) in [6.45, 7) is 0. The van der Waals surface area contributed by atoms with Crippen molar-refractivity contribution in [1.82, 2.24) is 0 Å². The molecule has 3 aromatic carbocycles. The van der Waals surface area contributed by atoms with Gasteiger partial charge in [-0.2, -0.15) is 0 Å². The van der Waals surface area contributed by atoms with E-state index in [0.29, 0.717) is 33.5 Å². The number of carbonyl (C=O) groups excluding carboxylic acids is 1. The van der Waals surface area contributed by atoms with Gasteiger partial charge >= 0.3 is 0 Å². The highest BCUT2D eigenvalue weighted by molar-refractivity contribution is 6.42. The lowest BCUT2D eigenvalue weighted by Crippen LogP contribution is -2.27. The lowest BCUT2D eigenvalue weighted by atomic mass is 9.78. The van der Waals surface area contributed by atoms with Crippen LogP contribution < -0.4 is 10.6 Å². The molecule has 0 saturated carbocycles. The fraction of sp³-hybridized carbons (Fsp3) is 0.160.